The number of amides is 3. The van der Waals surface area contributed by atoms with E-state index in [1.807, 2.05) is 0 Å². The Labute approximate surface area is 111 Å². The molecule has 0 spiro atoms. The van der Waals surface area contributed by atoms with Gasteiger partial charge in [-0.3, -0.25) is 4.79 Å². The van der Waals surface area contributed by atoms with Gasteiger partial charge in [0.15, 0.2) is 0 Å². The van der Waals surface area contributed by atoms with E-state index < -0.39 is 24.1 Å². The molecule has 0 aromatic carbocycles. The van der Waals surface area contributed by atoms with Gasteiger partial charge in [0.2, 0.25) is 5.91 Å². The first-order valence-electron chi connectivity index (χ1n) is 5.99. The van der Waals surface area contributed by atoms with Gasteiger partial charge >= 0.3 is 12.0 Å². The monoisotopic (exact) mass is 275 g/mol. The third kappa shape index (κ3) is 6.05. The van der Waals surface area contributed by atoms with Crippen molar-refractivity contribution in [3.05, 3.63) is 0 Å². The standard InChI is InChI=1S/C11H21N3O5/c1-4-14(3)9(16)7(2)12-11(19)13-8(5-6-15)10(17)18/h7-8,15H,4-6H2,1-3H3,(H,17,18)(H2,12,13,19)/t7?,8-/m1/s1. The van der Waals surface area contributed by atoms with Crippen LogP contribution in [0.1, 0.15) is 20.3 Å². The van der Waals surface area contributed by atoms with Crippen LogP contribution in [0.2, 0.25) is 0 Å². The maximum Gasteiger partial charge on any atom is 0.326 e. The van der Waals surface area contributed by atoms with Gasteiger partial charge in [-0.05, 0) is 13.8 Å². The number of rotatable bonds is 7. The molecule has 8 nitrogen and oxygen atoms in total. The molecule has 4 N–H and O–H groups in total. The Morgan fingerprint density at radius 1 is 1.26 bits per heavy atom. The number of carbonyl (C=O) groups excluding carboxylic acids is 2. The lowest BCUT2D eigenvalue weighted by atomic mass is 10.2. The average Bonchev–Trinajstić information content (AvgIpc) is 2.35. The number of aliphatic hydroxyl groups is 1. The van der Waals surface area contributed by atoms with E-state index in [1.54, 1.807) is 14.0 Å². The second-order valence-corrected chi connectivity index (χ2v) is 4.10. The fraction of sp³-hybridized carbons (Fsp3) is 0.727. The van der Waals surface area contributed by atoms with Crippen LogP contribution in [-0.2, 0) is 9.59 Å². The summed E-state index contributed by atoms with van der Waals surface area (Å²) in [6, 6.07) is -2.70. The molecule has 19 heavy (non-hydrogen) atoms. The number of carboxylic acids is 1. The summed E-state index contributed by atoms with van der Waals surface area (Å²) in [6.07, 6.45) is -0.0973. The van der Waals surface area contributed by atoms with Crippen LogP contribution < -0.4 is 10.6 Å². The minimum atomic E-state index is -1.24. The molecule has 110 valence electrons. The first kappa shape index (κ1) is 17.2. The van der Waals surface area contributed by atoms with Gasteiger partial charge in [-0.15, -0.1) is 0 Å². The van der Waals surface area contributed by atoms with Crippen molar-refractivity contribution in [3.8, 4) is 0 Å². The minimum absolute atomic E-state index is 0.0973. The molecule has 8 heteroatoms. The van der Waals surface area contributed by atoms with Crippen molar-refractivity contribution in [1.29, 1.82) is 0 Å². The van der Waals surface area contributed by atoms with Crippen LogP contribution in [0.5, 0.6) is 0 Å². The molecule has 2 atom stereocenters. The van der Waals surface area contributed by atoms with Crippen molar-refractivity contribution in [1.82, 2.24) is 15.5 Å². The van der Waals surface area contributed by atoms with E-state index in [4.69, 9.17) is 10.2 Å². The number of carboxylic acid groups (broad SMARTS) is 1. The third-order valence-electron chi connectivity index (χ3n) is 2.59. The predicted octanol–water partition coefficient (Wildman–Crippen LogP) is -1.01. The number of urea groups is 1. The fourth-order valence-corrected chi connectivity index (χ4v) is 1.33. The number of hydrogen-bond donors (Lipinski definition) is 4. The highest BCUT2D eigenvalue weighted by molar-refractivity contribution is 5.88. The van der Waals surface area contributed by atoms with E-state index in [9.17, 15) is 14.4 Å². The lowest BCUT2D eigenvalue weighted by Crippen LogP contribution is -2.52. The average molecular weight is 275 g/mol. The lowest BCUT2D eigenvalue weighted by molar-refractivity contribution is -0.139. The zero-order valence-corrected chi connectivity index (χ0v) is 11.3. The van der Waals surface area contributed by atoms with Crippen LogP contribution in [-0.4, -0.2) is 65.3 Å². The maximum atomic E-state index is 11.7. The van der Waals surface area contributed by atoms with Gasteiger partial charge in [0.05, 0.1) is 0 Å². The maximum absolute atomic E-state index is 11.7. The molecule has 0 heterocycles. The minimum Gasteiger partial charge on any atom is -0.480 e. The van der Waals surface area contributed by atoms with Crippen molar-refractivity contribution in [3.63, 3.8) is 0 Å². The zero-order valence-electron chi connectivity index (χ0n) is 11.3. The first-order chi connectivity index (χ1) is 8.83. The van der Waals surface area contributed by atoms with E-state index >= 15 is 0 Å². The summed E-state index contributed by atoms with van der Waals surface area (Å²) in [4.78, 5) is 35.4. The predicted molar refractivity (Wildman–Crippen MR) is 67.6 cm³/mol. The summed E-state index contributed by atoms with van der Waals surface area (Å²) >= 11 is 0. The Kier molecular flexibility index (Phi) is 7.50. The third-order valence-corrected chi connectivity index (χ3v) is 2.59. The molecular formula is C11H21N3O5. The SMILES string of the molecule is CCN(C)C(=O)C(C)NC(=O)N[C@H](CCO)C(=O)O. The molecule has 3 amide bonds. The number of nitrogens with one attached hydrogen (secondary N) is 2. The van der Waals surface area contributed by atoms with Crippen LogP contribution in [0.4, 0.5) is 4.79 Å². The molecule has 0 fully saturated rings. The number of aliphatic carboxylic acids is 1. The molecule has 0 saturated heterocycles. The molecule has 0 aromatic heterocycles. The summed E-state index contributed by atoms with van der Waals surface area (Å²) in [5, 5.41) is 22.0. The van der Waals surface area contributed by atoms with Crippen LogP contribution >= 0.6 is 0 Å². The molecule has 0 aliphatic rings. The summed E-state index contributed by atoms with van der Waals surface area (Å²) in [5.74, 6) is -1.51. The highest BCUT2D eigenvalue weighted by atomic mass is 16.4. The van der Waals surface area contributed by atoms with Gasteiger partial charge in [0, 0.05) is 26.6 Å². The first-order valence-corrected chi connectivity index (χ1v) is 5.99. The molecular weight excluding hydrogens is 254 g/mol. The normalized spacial score (nSPS) is 13.3. The number of hydrogen-bond acceptors (Lipinski definition) is 4. The Morgan fingerprint density at radius 3 is 2.26 bits per heavy atom. The van der Waals surface area contributed by atoms with Crippen molar-refractivity contribution < 1.29 is 24.6 Å². The molecule has 0 rings (SSSR count). The van der Waals surface area contributed by atoms with Crippen LogP contribution in [0.15, 0.2) is 0 Å². The van der Waals surface area contributed by atoms with E-state index in [0.29, 0.717) is 6.54 Å². The Balaban J connectivity index is 4.36. The molecule has 0 radical (unpaired) electrons. The second-order valence-electron chi connectivity index (χ2n) is 4.10. The van der Waals surface area contributed by atoms with E-state index in [-0.39, 0.29) is 18.9 Å². The summed E-state index contributed by atoms with van der Waals surface area (Å²) in [7, 11) is 1.60. The van der Waals surface area contributed by atoms with Crippen LogP contribution in [0.3, 0.4) is 0 Å². The topological polar surface area (TPSA) is 119 Å². The number of nitrogens with zero attached hydrogens (tertiary/aromatic N) is 1. The Morgan fingerprint density at radius 2 is 1.84 bits per heavy atom. The molecule has 0 aliphatic heterocycles. The zero-order chi connectivity index (χ0) is 15.0. The number of aliphatic hydroxyl groups excluding tert-OH is 1. The highest BCUT2D eigenvalue weighted by Crippen LogP contribution is 1.94. The van der Waals surface area contributed by atoms with Gasteiger partial charge in [0.1, 0.15) is 12.1 Å². The highest BCUT2D eigenvalue weighted by Gasteiger charge is 2.22. The van der Waals surface area contributed by atoms with Crippen LogP contribution in [0.25, 0.3) is 0 Å². The van der Waals surface area contributed by atoms with Crippen LogP contribution in [0, 0.1) is 0 Å². The van der Waals surface area contributed by atoms with Crippen molar-refractivity contribution >= 4 is 17.9 Å². The van der Waals surface area contributed by atoms with Gasteiger partial charge in [-0.2, -0.15) is 0 Å². The van der Waals surface area contributed by atoms with E-state index in [2.05, 4.69) is 10.6 Å². The largest absolute Gasteiger partial charge is 0.480 e. The van der Waals surface area contributed by atoms with Gasteiger partial charge in [-0.1, -0.05) is 0 Å². The molecule has 0 bridgehead atoms. The second kappa shape index (κ2) is 8.30. The summed E-state index contributed by atoms with van der Waals surface area (Å²) in [5.41, 5.74) is 0. The Bertz CT molecular complexity index is 334. The molecule has 0 saturated carbocycles. The summed E-state index contributed by atoms with van der Waals surface area (Å²) < 4.78 is 0. The van der Waals surface area contributed by atoms with E-state index in [1.165, 1.54) is 11.8 Å². The molecule has 0 aromatic rings. The quantitative estimate of drug-likeness (QED) is 0.474. The van der Waals surface area contributed by atoms with Gasteiger partial charge in [-0.25, -0.2) is 9.59 Å². The van der Waals surface area contributed by atoms with Crippen molar-refractivity contribution in [2.75, 3.05) is 20.2 Å². The fourth-order valence-electron chi connectivity index (χ4n) is 1.33. The van der Waals surface area contributed by atoms with Crippen molar-refractivity contribution in [2.45, 2.75) is 32.4 Å². The lowest BCUT2D eigenvalue weighted by Gasteiger charge is -2.21. The Hall–Kier alpha value is -1.83. The van der Waals surface area contributed by atoms with E-state index in [0.717, 1.165) is 0 Å². The van der Waals surface area contributed by atoms with Crippen molar-refractivity contribution in [2.24, 2.45) is 0 Å². The number of likely N-dealkylation sites (N-methyl/N-ethyl adjacent to an activating group) is 1. The smallest absolute Gasteiger partial charge is 0.326 e. The van der Waals surface area contributed by atoms with Gasteiger partial charge in [0.25, 0.3) is 0 Å². The summed E-state index contributed by atoms with van der Waals surface area (Å²) in [6.45, 7) is 3.46. The molecule has 0 aliphatic carbocycles. The van der Waals surface area contributed by atoms with Gasteiger partial charge < -0.3 is 25.7 Å². The molecule has 1 unspecified atom stereocenters. The number of carbonyl (C=O) groups is 3.